The molecular formula is C17H26FNO. The van der Waals surface area contributed by atoms with Gasteiger partial charge in [-0.2, -0.15) is 0 Å². The predicted molar refractivity (Wildman–Crippen MR) is 81.6 cm³/mol. The Balaban J connectivity index is 2.18. The Hall–Kier alpha value is -1.09. The fourth-order valence-corrected chi connectivity index (χ4v) is 3.16. The lowest BCUT2D eigenvalue weighted by Gasteiger charge is -2.35. The van der Waals surface area contributed by atoms with Crippen molar-refractivity contribution in [2.45, 2.75) is 52.6 Å². The van der Waals surface area contributed by atoms with Crippen LogP contribution in [0.4, 0.5) is 10.1 Å². The fourth-order valence-electron chi connectivity index (χ4n) is 3.16. The van der Waals surface area contributed by atoms with E-state index < -0.39 is 6.10 Å². The van der Waals surface area contributed by atoms with Crippen molar-refractivity contribution in [3.63, 3.8) is 0 Å². The normalized spacial score (nSPS) is 18.4. The second-order valence-corrected chi connectivity index (χ2v) is 6.06. The number of halogens is 1. The molecule has 1 fully saturated rings. The lowest BCUT2D eigenvalue weighted by atomic mass is 9.91. The molecule has 1 saturated heterocycles. The van der Waals surface area contributed by atoms with Crippen LogP contribution in [0.25, 0.3) is 0 Å². The first-order valence-corrected chi connectivity index (χ1v) is 7.76. The summed E-state index contributed by atoms with van der Waals surface area (Å²) in [6.45, 7) is 7.75. The quantitative estimate of drug-likeness (QED) is 0.892. The maximum absolute atomic E-state index is 13.7. The molecule has 1 heterocycles. The predicted octanol–water partition coefficient (Wildman–Crippen LogP) is 4.20. The van der Waals surface area contributed by atoms with Gasteiger partial charge in [0, 0.05) is 24.3 Å². The van der Waals surface area contributed by atoms with Gasteiger partial charge in [0.1, 0.15) is 5.82 Å². The first-order valence-electron chi connectivity index (χ1n) is 7.76. The smallest absolute Gasteiger partial charge is 0.126 e. The van der Waals surface area contributed by atoms with Crippen LogP contribution in [0, 0.1) is 18.7 Å². The molecule has 0 amide bonds. The third-order valence-corrected chi connectivity index (χ3v) is 4.41. The fraction of sp³-hybridized carbons (Fsp3) is 0.647. The van der Waals surface area contributed by atoms with Crippen LogP contribution in [-0.2, 0) is 0 Å². The number of anilines is 1. The number of rotatable bonds is 4. The molecule has 1 aromatic rings. The molecule has 2 nitrogen and oxygen atoms in total. The van der Waals surface area contributed by atoms with Crippen molar-refractivity contribution in [3.05, 3.63) is 29.1 Å². The van der Waals surface area contributed by atoms with Crippen molar-refractivity contribution in [3.8, 4) is 0 Å². The molecule has 0 spiro atoms. The molecule has 0 bridgehead atoms. The van der Waals surface area contributed by atoms with Gasteiger partial charge in [0.15, 0.2) is 0 Å². The van der Waals surface area contributed by atoms with Crippen molar-refractivity contribution in [2.75, 3.05) is 18.0 Å². The average molecular weight is 279 g/mol. The molecule has 1 unspecified atom stereocenters. The van der Waals surface area contributed by atoms with Crippen LogP contribution in [0.15, 0.2) is 12.1 Å². The Labute approximate surface area is 121 Å². The molecule has 20 heavy (non-hydrogen) atoms. The molecular weight excluding hydrogens is 253 g/mol. The van der Waals surface area contributed by atoms with E-state index in [1.165, 1.54) is 31.7 Å². The van der Waals surface area contributed by atoms with E-state index in [1.54, 1.807) is 13.8 Å². The summed E-state index contributed by atoms with van der Waals surface area (Å²) in [7, 11) is 0. The highest BCUT2D eigenvalue weighted by atomic mass is 19.1. The Morgan fingerprint density at radius 1 is 1.35 bits per heavy atom. The largest absolute Gasteiger partial charge is 0.389 e. The summed E-state index contributed by atoms with van der Waals surface area (Å²) in [6.07, 6.45) is 4.32. The van der Waals surface area contributed by atoms with Crippen LogP contribution >= 0.6 is 0 Å². The molecule has 3 heteroatoms. The van der Waals surface area contributed by atoms with Gasteiger partial charge in [0.05, 0.1) is 6.10 Å². The monoisotopic (exact) mass is 279 g/mol. The van der Waals surface area contributed by atoms with Gasteiger partial charge in [-0.15, -0.1) is 0 Å². The number of hydrogen-bond donors (Lipinski definition) is 1. The standard InChI is InChI=1S/C17H26FNO/c1-4-5-14-6-8-19(9-7-14)17-10-12(2)16(18)11-15(17)13(3)20/h10-11,13-14,20H,4-9H2,1-3H3. The van der Waals surface area contributed by atoms with Gasteiger partial charge < -0.3 is 10.0 Å². The van der Waals surface area contributed by atoms with Gasteiger partial charge in [-0.25, -0.2) is 4.39 Å². The number of benzene rings is 1. The zero-order valence-electron chi connectivity index (χ0n) is 12.8. The Bertz CT molecular complexity index is 451. The van der Waals surface area contributed by atoms with E-state index in [4.69, 9.17) is 0 Å². The van der Waals surface area contributed by atoms with Gasteiger partial charge in [0.25, 0.3) is 0 Å². The van der Waals surface area contributed by atoms with E-state index in [0.717, 1.165) is 24.7 Å². The molecule has 1 aromatic carbocycles. The topological polar surface area (TPSA) is 23.5 Å². The van der Waals surface area contributed by atoms with Gasteiger partial charge in [-0.05, 0) is 50.3 Å². The highest BCUT2D eigenvalue weighted by Gasteiger charge is 2.22. The Morgan fingerprint density at radius 2 is 2.00 bits per heavy atom. The van der Waals surface area contributed by atoms with Crippen LogP contribution in [0.2, 0.25) is 0 Å². The Kier molecular flexibility index (Phi) is 5.03. The van der Waals surface area contributed by atoms with Crippen molar-refractivity contribution < 1.29 is 9.50 Å². The lowest BCUT2D eigenvalue weighted by molar-refractivity contribution is 0.199. The highest BCUT2D eigenvalue weighted by molar-refractivity contribution is 5.57. The SMILES string of the molecule is CCCC1CCN(c2cc(C)c(F)cc2C(C)O)CC1. The van der Waals surface area contributed by atoms with E-state index in [0.29, 0.717) is 11.1 Å². The van der Waals surface area contributed by atoms with Crippen molar-refractivity contribution in [1.29, 1.82) is 0 Å². The van der Waals surface area contributed by atoms with E-state index in [9.17, 15) is 9.50 Å². The number of nitrogens with zero attached hydrogens (tertiary/aromatic N) is 1. The van der Waals surface area contributed by atoms with Gasteiger partial charge >= 0.3 is 0 Å². The zero-order chi connectivity index (χ0) is 14.7. The van der Waals surface area contributed by atoms with E-state index in [-0.39, 0.29) is 5.82 Å². The van der Waals surface area contributed by atoms with E-state index >= 15 is 0 Å². The van der Waals surface area contributed by atoms with Crippen molar-refractivity contribution in [2.24, 2.45) is 5.92 Å². The van der Waals surface area contributed by atoms with Crippen LogP contribution in [0.3, 0.4) is 0 Å². The molecule has 1 aliphatic heterocycles. The minimum absolute atomic E-state index is 0.231. The zero-order valence-corrected chi connectivity index (χ0v) is 12.8. The summed E-state index contributed by atoms with van der Waals surface area (Å²) < 4.78 is 13.7. The maximum Gasteiger partial charge on any atom is 0.126 e. The van der Waals surface area contributed by atoms with E-state index in [2.05, 4.69) is 11.8 Å². The molecule has 1 N–H and O–H groups in total. The second kappa shape index (κ2) is 6.57. The molecule has 1 atom stereocenters. The average Bonchev–Trinajstić information content (AvgIpc) is 2.42. The summed E-state index contributed by atoms with van der Waals surface area (Å²) in [6, 6.07) is 3.38. The summed E-state index contributed by atoms with van der Waals surface area (Å²) in [5, 5.41) is 9.89. The highest BCUT2D eigenvalue weighted by Crippen LogP contribution is 2.33. The van der Waals surface area contributed by atoms with Crippen LogP contribution in [-0.4, -0.2) is 18.2 Å². The van der Waals surface area contributed by atoms with Gasteiger partial charge in [-0.1, -0.05) is 19.8 Å². The molecule has 0 aliphatic carbocycles. The summed E-state index contributed by atoms with van der Waals surface area (Å²) in [4.78, 5) is 2.31. The second-order valence-electron chi connectivity index (χ2n) is 6.06. The maximum atomic E-state index is 13.7. The molecule has 0 saturated carbocycles. The summed E-state index contributed by atoms with van der Waals surface area (Å²) in [5.74, 6) is 0.596. The van der Waals surface area contributed by atoms with Gasteiger partial charge in [0.2, 0.25) is 0 Å². The minimum Gasteiger partial charge on any atom is -0.389 e. The minimum atomic E-state index is -0.631. The van der Waals surface area contributed by atoms with E-state index in [1.807, 2.05) is 6.07 Å². The van der Waals surface area contributed by atoms with Crippen LogP contribution in [0.1, 0.15) is 56.8 Å². The third-order valence-electron chi connectivity index (χ3n) is 4.41. The summed E-state index contributed by atoms with van der Waals surface area (Å²) in [5.41, 5.74) is 2.37. The number of aliphatic hydroxyl groups is 1. The van der Waals surface area contributed by atoms with Gasteiger partial charge in [-0.3, -0.25) is 0 Å². The Morgan fingerprint density at radius 3 is 2.55 bits per heavy atom. The van der Waals surface area contributed by atoms with Crippen LogP contribution < -0.4 is 4.90 Å². The first-order chi connectivity index (χ1) is 9.52. The number of aliphatic hydroxyl groups excluding tert-OH is 1. The third kappa shape index (κ3) is 3.32. The first kappa shape index (κ1) is 15.3. The number of hydrogen-bond acceptors (Lipinski definition) is 2. The molecule has 0 radical (unpaired) electrons. The molecule has 2 rings (SSSR count). The number of aryl methyl sites for hydroxylation is 1. The molecule has 112 valence electrons. The lowest BCUT2D eigenvalue weighted by Crippen LogP contribution is -2.34. The number of piperidine rings is 1. The van der Waals surface area contributed by atoms with Crippen molar-refractivity contribution >= 4 is 5.69 Å². The van der Waals surface area contributed by atoms with Crippen molar-refractivity contribution in [1.82, 2.24) is 0 Å². The van der Waals surface area contributed by atoms with Crippen LogP contribution in [0.5, 0.6) is 0 Å². The molecule has 0 aromatic heterocycles. The summed E-state index contributed by atoms with van der Waals surface area (Å²) >= 11 is 0. The molecule has 1 aliphatic rings.